The van der Waals surface area contributed by atoms with Crippen molar-refractivity contribution in [2.75, 3.05) is 10.6 Å². The van der Waals surface area contributed by atoms with Crippen LogP contribution in [-0.2, 0) is 6.42 Å². The fourth-order valence-corrected chi connectivity index (χ4v) is 2.83. The number of benzene rings is 2. The molecule has 0 unspecified atom stereocenters. The number of para-hydroxylation sites is 1. The van der Waals surface area contributed by atoms with E-state index >= 15 is 0 Å². The first-order valence-corrected chi connectivity index (χ1v) is 8.85. The van der Waals surface area contributed by atoms with Crippen LogP contribution in [0.1, 0.15) is 34.2 Å². The molecule has 3 rings (SSSR count). The van der Waals surface area contributed by atoms with E-state index in [1.54, 1.807) is 6.92 Å². The fraction of sp³-hybridized carbons (Fsp3) is 0.190. The number of carbonyl (C=O) groups is 1. The molecule has 0 radical (unpaired) electrons. The summed E-state index contributed by atoms with van der Waals surface area (Å²) in [5, 5.41) is 5.59. The van der Waals surface area contributed by atoms with Crippen LogP contribution in [0, 0.1) is 25.5 Å². The van der Waals surface area contributed by atoms with Crippen LogP contribution in [0.4, 0.5) is 26.1 Å². The van der Waals surface area contributed by atoms with Crippen molar-refractivity contribution in [2.24, 2.45) is 0 Å². The number of nitrogens with zero attached hydrogens (tertiary/aromatic N) is 2. The second-order valence-corrected chi connectivity index (χ2v) is 6.38. The maximum absolute atomic E-state index is 13.8. The van der Waals surface area contributed by atoms with Crippen LogP contribution in [0.3, 0.4) is 0 Å². The molecule has 0 aliphatic rings. The maximum Gasteiger partial charge on any atom is 0.274 e. The Balaban J connectivity index is 1.88. The molecule has 0 spiro atoms. The Morgan fingerprint density at radius 2 is 1.86 bits per heavy atom. The summed E-state index contributed by atoms with van der Waals surface area (Å²) in [6.45, 7) is 5.76. The van der Waals surface area contributed by atoms with Gasteiger partial charge in [-0.15, -0.1) is 0 Å². The van der Waals surface area contributed by atoms with Crippen molar-refractivity contribution >= 4 is 23.2 Å². The molecule has 0 bridgehead atoms. The van der Waals surface area contributed by atoms with Gasteiger partial charge in [0.25, 0.3) is 5.91 Å². The minimum absolute atomic E-state index is 0.0744. The minimum Gasteiger partial charge on any atom is -0.324 e. The SMILES string of the molecule is CCc1cccc(C)c1Nc1nc(C)cc(C(=O)Nc2ccc(F)cc2F)n1. The molecule has 0 atom stereocenters. The van der Waals surface area contributed by atoms with Gasteiger partial charge < -0.3 is 10.6 Å². The largest absolute Gasteiger partial charge is 0.324 e. The van der Waals surface area contributed by atoms with Gasteiger partial charge in [0.05, 0.1) is 5.69 Å². The Hall–Kier alpha value is -3.35. The van der Waals surface area contributed by atoms with Gasteiger partial charge in [0.15, 0.2) is 0 Å². The third-order valence-electron chi connectivity index (χ3n) is 4.24. The molecule has 3 aromatic rings. The van der Waals surface area contributed by atoms with Crippen LogP contribution in [0.15, 0.2) is 42.5 Å². The topological polar surface area (TPSA) is 66.9 Å². The average Bonchev–Trinajstić information content (AvgIpc) is 2.65. The highest BCUT2D eigenvalue weighted by Crippen LogP contribution is 2.24. The Kier molecular flexibility index (Phi) is 5.63. The maximum atomic E-state index is 13.8. The van der Waals surface area contributed by atoms with E-state index in [-0.39, 0.29) is 17.3 Å². The number of carbonyl (C=O) groups excluding carboxylic acids is 1. The Bertz CT molecular complexity index is 1040. The Morgan fingerprint density at radius 1 is 1.07 bits per heavy atom. The van der Waals surface area contributed by atoms with Crippen molar-refractivity contribution in [3.8, 4) is 0 Å². The zero-order chi connectivity index (χ0) is 20.3. The quantitative estimate of drug-likeness (QED) is 0.657. The molecular formula is C21H20F2N4O. The van der Waals surface area contributed by atoms with E-state index in [0.717, 1.165) is 35.4 Å². The Morgan fingerprint density at radius 3 is 2.57 bits per heavy atom. The van der Waals surface area contributed by atoms with Crippen molar-refractivity contribution in [3.63, 3.8) is 0 Å². The summed E-state index contributed by atoms with van der Waals surface area (Å²) < 4.78 is 26.8. The van der Waals surface area contributed by atoms with Crippen molar-refractivity contribution in [1.82, 2.24) is 9.97 Å². The number of aryl methyl sites for hydroxylation is 3. The highest BCUT2D eigenvalue weighted by Gasteiger charge is 2.15. The van der Waals surface area contributed by atoms with E-state index < -0.39 is 17.5 Å². The van der Waals surface area contributed by atoms with Gasteiger partial charge in [-0.25, -0.2) is 18.7 Å². The molecular weight excluding hydrogens is 362 g/mol. The van der Waals surface area contributed by atoms with Crippen molar-refractivity contribution < 1.29 is 13.6 Å². The van der Waals surface area contributed by atoms with Gasteiger partial charge in [-0.2, -0.15) is 0 Å². The molecule has 2 aromatic carbocycles. The van der Waals surface area contributed by atoms with Crippen LogP contribution in [0.5, 0.6) is 0 Å². The number of anilines is 3. The summed E-state index contributed by atoms with van der Waals surface area (Å²) in [7, 11) is 0. The third kappa shape index (κ3) is 4.31. The minimum atomic E-state index is -0.857. The predicted molar refractivity (Wildman–Crippen MR) is 105 cm³/mol. The fourth-order valence-electron chi connectivity index (χ4n) is 2.83. The zero-order valence-corrected chi connectivity index (χ0v) is 15.8. The first-order valence-electron chi connectivity index (χ1n) is 8.85. The zero-order valence-electron chi connectivity index (χ0n) is 15.8. The number of nitrogens with one attached hydrogen (secondary N) is 2. The summed E-state index contributed by atoms with van der Waals surface area (Å²) in [5.41, 5.74) is 3.56. The molecule has 144 valence electrons. The summed E-state index contributed by atoms with van der Waals surface area (Å²) in [6, 6.07) is 10.4. The second-order valence-electron chi connectivity index (χ2n) is 6.38. The lowest BCUT2D eigenvalue weighted by Crippen LogP contribution is -2.16. The van der Waals surface area contributed by atoms with Crippen LogP contribution >= 0.6 is 0 Å². The van der Waals surface area contributed by atoms with Gasteiger partial charge in [-0.1, -0.05) is 25.1 Å². The molecule has 7 heteroatoms. The van der Waals surface area contributed by atoms with Gasteiger partial charge in [0.1, 0.15) is 17.3 Å². The van der Waals surface area contributed by atoms with E-state index in [4.69, 9.17) is 0 Å². The molecule has 1 amide bonds. The van der Waals surface area contributed by atoms with Crippen LogP contribution in [0.2, 0.25) is 0 Å². The lowest BCUT2D eigenvalue weighted by atomic mass is 10.1. The van der Waals surface area contributed by atoms with E-state index in [1.165, 1.54) is 6.07 Å². The highest BCUT2D eigenvalue weighted by molar-refractivity contribution is 6.03. The van der Waals surface area contributed by atoms with E-state index in [9.17, 15) is 13.6 Å². The van der Waals surface area contributed by atoms with Gasteiger partial charge in [-0.05, 0) is 49.6 Å². The second kappa shape index (κ2) is 8.12. The highest BCUT2D eigenvalue weighted by atomic mass is 19.1. The summed E-state index contributed by atoms with van der Waals surface area (Å²) in [6.07, 6.45) is 0.826. The van der Waals surface area contributed by atoms with Crippen molar-refractivity contribution in [3.05, 3.63) is 76.6 Å². The molecule has 28 heavy (non-hydrogen) atoms. The van der Waals surface area contributed by atoms with Crippen LogP contribution < -0.4 is 10.6 Å². The number of aromatic nitrogens is 2. The van der Waals surface area contributed by atoms with Gasteiger partial charge in [0, 0.05) is 17.4 Å². The molecule has 5 nitrogen and oxygen atoms in total. The molecule has 1 aromatic heterocycles. The van der Waals surface area contributed by atoms with E-state index in [0.29, 0.717) is 11.8 Å². The first-order chi connectivity index (χ1) is 13.4. The van der Waals surface area contributed by atoms with Gasteiger partial charge in [-0.3, -0.25) is 4.79 Å². The first kappa shape index (κ1) is 19.4. The smallest absolute Gasteiger partial charge is 0.274 e. The normalized spacial score (nSPS) is 10.6. The number of halogens is 2. The number of hydrogen-bond acceptors (Lipinski definition) is 4. The van der Waals surface area contributed by atoms with E-state index in [1.807, 2.05) is 32.0 Å². The molecule has 0 aliphatic heterocycles. The molecule has 0 saturated carbocycles. The van der Waals surface area contributed by atoms with Crippen molar-refractivity contribution in [2.45, 2.75) is 27.2 Å². The van der Waals surface area contributed by atoms with Crippen LogP contribution in [0.25, 0.3) is 0 Å². The average molecular weight is 382 g/mol. The van der Waals surface area contributed by atoms with Gasteiger partial charge >= 0.3 is 0 Å². The molecule has 0 fully saturated rings. The summed E-state index contributed by atoms with van der Waals surface area (Å²) in [5.74, 6) is -1.91. The number of amides is 1. The molecule has 1 heterocycles. The van der Waals surface area contributed by atoms with Crippen molar-refractivity contribution in [1.29, 1.82) is 0 Å². The van der Waals surface area contributed by atoms with Crippen LogP contribution in [-0.4, -0.2) is 15.9 Å². The Labute approximate surface area is 161 Å². The standard InChI is InChI=1S/C21H20F2N4O/c1-4-14-7-5-6-12(2)19(14)27-21-24-13(3)10-18(26-21)20(28)25-17-9-8-15(22)11-16(17)23/h5-11H,4H2,1-3H3,(H,25,28)(H,24,26,27). The monoisotopic (exact) mass is 382 g/mol. The number of hydrogen-bond donors (Lipinski definition) is 2. The lowest BCUT2D eigenvalue weighted by Gasteiger charge is -2.14. The van der Waals surface area contributed by atoms with Gasteiger partial charge in [0.2, 0.25) is 5.95 Å². The molecule has 0 aliphatic carbocycles. The summed E-state index contributed by atoms with van der Waals surface area (Å²) in [4.78, 5) is 21.1. The molecule has 0 saturated heterocycles. The van der Waals surface area contributed by atoms with E-state index in [2.05, 4.69) is 20.6 Å². The summed E-state index contributed by atoms with van der Waals surface area (Å²) >= 11 is 0. The lowest BCUT2D eigenvalue weighted by molar-refractivity contribution is 0.102. The third-order valence-corrected chi connectivity index (χ3v) is 4.24. The molecule has 2 N–H and O–H groups in total. The number of rotatable bonds is 5. The predicted octanol–water partition coefficient (Wildman–Crippen LogP) is 4.93.